The van der Waals surface area contributed by atoms with Gasteiger partial charge < -0.3 is 10.1 Å². The number of ether oxygens (including phenoxy) is 1. The second-order valence-corrected chi connectivity index (χ2v) is 6.36. The minimum absolute atomic E-state index is 0.230. The Morgan fingerprint density at radius 1 is 1.42 bits per heavy atom. The van der Waals surface area contributed by atoms with Gasteiger partial charge >= 0.3 is 0 Å². The Bertz CT molecular complexity index is 427. The summed E-state index contributed by atoms with van der Waals surface area (Å²) in [6.07, 6.45) is 1.52. The lowest BCUT2D eigenvalue weighted by Crippen LogP contribution is -2.61. The van der Waals surface area contributed by atoms with Crippen molar-refractivity contribution in [3.05, 3.63) is 35.4 Å². The average molecular weight is 261 g/mol. The van der Waals surface area contributed by atoms with Gasteiger partial charge in [-0.3, -0.25) is 0 Å². The van der Waals surface area contributed by atoms with Crippen LogP contribution in [0.25, 0.3) is 0 Å². The fourth-order valence-electron chi connectivity index (χ4n) is 2.99. The molecule has 0 amide bonds. The van der Waals surface area contributed by atoms with Crippen molar-refractivity contribution in [1.82, 2.24) is 5.32 Å². The highest BCUT2D eigenvalue weighted by atomic mass is 16.5. The molecule has 1 N–H and O–H groups in total. The van der Waals surface area contributed by atoms with Crippen LogP contribution in [0.1, 0.15) is 51.3 Å². The van der Waals surface area contributed by atoms with E-state index >= 15 is 0 Å². The molecule has 1 aliphatic carbocycles. The summed E-state index contributed by atoms with van der Waals surface area (Å²) in [6, 6.07) is 9.69. The van der Waals surface area contributed by atoms with Gasteiger partial charge in [0.05, 0.1) is 6.10 Å². The van der Waals surface area contributed by atoms with Gasteiger partial charge in [-0.25, -0.2) is 0 Å². The molecule has 0 aromatic heterocycles. The largest absolute Gasteiger partial charge is 0.378 e. The molecule has 0 aliphatic heterocycles. The predicted molar refractivity (Wildman–Crippen MR) is 80.3 cm³/mol. The Kier molecular flexibility index (Phi) is 4.32. The van der Waals surface area contributed by atoms with Crippen molar-refractivity contribution in [2.24, 2.45) is 5.41 Å². The van der Waals surface area contributed by atoms with Crippen LogP contribution in [0.5, 0.6) is 0 Å². The zero-order chi connectivity index (χ0) is 14.0. The maximum Gasteiger partial charge on any atom is 0.0655 e. The van der Waals surface area contributed by atoms with Crippen LogP contribution in [-0.2, 0) is 4.74 Å². The summed E-state index contributed by atoms with van der Waals surface area (Å²) in [6.45, 7) is 11.9. The Morgan fingerprint density at radius 2 is 2.16 bits per heavy atom. The number of hydrogen-bond donors (Lipinski definition) is 1. The Labute approximate surface area is 117 Å². The zero-order valence-corrected chi connectivity index (χ0v) is 12.9. The topological polar surface area (TPSA) is 21.3 Å². The van der Waals surface area contributed by atoms with Crippen LogP contribution in [0.15, 0.2) is 24.3 Å². The first kappa shape index (κ1) is 14.5. The Morgan fingerprint density at radius 3 is 2.74 bits per heavy atom. The Hall–Kier alpha value is -0.860. The SMILES string of the molecule is CCOC1CC(N[C@@H](C)c2cccc(C)c2)C1(C)C. The number of aryl methyl sites for hydroxylation is 1. The lowest BCUT2D eigenvalue weighted by Gasteiger charge is -2.52. The first-order valence-electron chi connectivity index (χ1n) is 7.39. The molecule has 3 atom stereocenters. The van der Waals surface area contributed by atoms with E-state index in [0.717, 1.165) is 13.0 Å². The molecular formula is C17H27NO. The van der Waals surface area contributed by atoms with E-state index in [9.17, 15) is 0 Å². The summed E-state index contributed by atoms with van der Waals surface area (Å²) in [5.74, 6) is 0. The van der Waals surface area contributed by atoms with Crippen molar-refractivity contribution < 1.29 is 4.74 Å². The van der Waals surface area contributed by atoms with E-state index < -0.39 is 0 Å². The van der Waals surface area contributed by atoms with Crippen molar-refractivity contribution >= 4 is 0 Å². The first-order chi connectivity index (χ1) is 8.95. The molecule has 2 unspecified atom stereocenters. The number of hydrogen-bond acceptors (Lipinski definition) is 2. The van der Waals surface area contributed by atoms with Gasteiger partial charge in [0.1, 0.15) is 0 Å². The van der Waals surface area contributed by atoms with Crippen LogP contribution in [0.4, 0.5) is 0 Å². The van der Waals surface area contributed by atoms with E-state index in [-0.39, 0.29) is 5.41 Å². The van der Waals surface area contributed by atoms with Gasteiger partial charge in [0, 0.05) is 24.1 Å². The number of benzene rings is 1. The molecule has 2 heteroatoms. The van der Waals surface area contributed by atoms with E-state index in [1.807, 2.05) is 0 Å². The molecule has 2 nitrogen and oxygen atoms in total. The van der Waals surface area contributed by atoms with E-state index in [1.54, 1.807) is 0 Å². The van der Waals surface area contributed by atoms with E-state index in [2.05, 4.69) is 64.2 Å². The molecule has 0 spiro atoms. The maximum atomic E-state index is 5.79. The van der Waals surface area contributed by atoms with Gasteiger partial charge in [-0.05, 0) is 32.8 Å². The minimum Gasteiger partial charge on any atom is -0.378 e. The standard InChI is InChI=1S/C17H27NO/c1-6-19-16-11-15(17(16,4)5)18-13(3)14-9-7-8-12(2)10-14/h7-10,13,15-16,18H,6,11H2,1-5H3/t13-,15?,16?/m0/s1. The molecule has 2 rings (SSSR count). The van der Waals surface area contributed by atoms with Crippen molar-refractivity contribution in [3.63, 3.8) is 0 Å². The third-order valence-electron chi connectivity index (χ3n) is 4.54. The highest BCUT2D eigenvalue weighted by Crippen LogP contribution is 2.43. The van der Waals surface area contributed by atoms with Gasteiger partial charge in [0.25, 0.3) is 0 Å². The highest BCUT2D eigenvalue weighted by Gasteiger charge is 2.48. The van der Waals surface area contributed by atoms with Gasteiger partial charge in [0.15, 0.2) is 0 Å². The molecule has 1 saturated carbocycles. The van der Waals surface area contributed by atoms with Gasteiger partial charge in [-0.15, -0.1) is 0 Å². The van der Waals surface area contributed by atoms with Gasteiger partial charge in [-0.1, -0.05) is 43.7 Å². The summed E-state index contributed by atoms with van der Waals surface area (Å²) >= 11 is 0. The molecule has 19 heavy (non-hydrogen) atoms. The minimum atomic E-state index is 0.230. The third-order valence-corrected chi connectivity index (χ3v) is 4.54. The fraction of sp³-hybridized carbons (Fsp3) is 0.647. The zero-order valence-electron chi connectivity index (χ0n) is 12.9. The third kappa shape index (κ3) is 3.01. The second-order valence-electron chi connectivity index (χ2n) is 6.36. The van der Waals surface area contributed by atoms with Crippen molar-refractivity contribution in [1.29, 1.82) is 0 Å². The van der Waals surface area contributed by atoms with Crippen LogP contribution in [0, 0.1) is 12.3 Å². The smallest absolute Gasteiger partial charge is 0.0655 e. The van der Waals surface area contributed by atoms with Crippen LogP contribution in [-0.4, -0.2) is 18.8 Å². The van der Waals surface area contributed by atoms with E-state index in [1.165, 1.54) is 11.1 Å². The normalized spacial score (nSPS) is 26.8. The molecule has 0 bridgehead atoms. The van der Waals surface area contributed by atoms with Crippen LogP contribution in [0.3, 0.4) is 0 Å². The Balaban J connectivity index is 1.96. The number of rotatable bonds is 5. The summed E-state index contributed by atoms with van der Waals surface area (Å²) < 4.78 is 5.79. The fourth-order valence-corrected chi connectivity index (χ4v) is 2.99. The van der Waals surface area contributed by atoms with E-state index in [0.29, 0.717) is 18.2 Å². The number of nitrogens with one attached hydrogen (secondary N) is 1. The molecule has 0 radical (unpaired) electrons. The molecule has 106 valence electrons. The summed E-state index contributed by atoms with van der Waals surface area (Å²) in [7, 11) is 0. The molecule has 1 aromatic rings. The molecule has 1 fully saturated rings. The molecule has 1 aromatic carbocycles. The molecule has 0 heterocycles. The van der Waals surface area contributed by atoms with Crippen molar-refractivity contribution in [2.45, 2.75) is 59.2 Å². The second kappa shape index (κ2) is 5.64. The van der Waals surface area contributed by atoms with Crippen molar-refractivity contribution in [2.75, 3.05) is 6.61 Å². The van der Waals surface area contributed by atoms with Crippen LogP contribution < -0.4 is 5.32 Å². The molecular weight excluding hydrogens is 234 g/mol. The first-order valence-corrected chi connectivity index (χ1v) is 7.39. The lowest BCUT2D eigenvalue weighted by molar-refractivity contribution is -0.116. The van der Waals surface area contributed by atoms with E-state index in [4.69, 9.17) is 4.74 Å². The summed E-state index contributed by atoms with van der Waals surface area (Å²) in [5.41, 5.74) is 2.93. The van der Waals surface area contributed by atoms with Crippen LogP contribution >= 0.6 is 0 Å². The predicted octanol–water partition coefficient (Wildman–Crippen LogP) is 3.85. The average Bonchev–Trinajstić information content (AvgIpc) is 2.37. The lowest BCUT2D eigenvalue weighted by atomic mass is 9.64. The quantitative estimate of drug-likeness (QED) is 0.869. The highest BCUT2D eigenvalue weighted by molar-refractivity contribution is 5.25. The summed E-state index contributed by atoms with van der Waals surface area (Å²) in [5, 5.41) is 3.76. The van der Waals surface area contributed by atoms with Crippen LogP contribution in [0.2, 0.25) is 0 Å². The molecule has 1 aliphatic rings. The van der Waals surface area contributed by atoms with Crippen molar-refractivity contribution in [3.8, 4) is 0 Å². The monoisotopic (exact) mass is 261 g/mol. The van der Waals surface area contributed by atoms with Gasteiger partial charge in [-0.2, -0.15) is 0 Å². The molecule has 0 saturated heterocycles. The van der Waals surface area contributed by atoms with Gasteiger partial charge in [0.2, 0.25) is 0 Å². The maximum absolute atomic E-state index is 5.79. The summed E-state index contributed by atoms with van der Waals surface area (Å²) in [4.78, 5) is 0.